The molecule has 1 unspecified atom stereocenters. The summed E-state index contributed by atoms with van der Waals surface area (Å²) in [6.45, 7) is 1.88. The van der Waals surface area contributed by atoms with E-state index in [0.29, 0.717) is 11.3 Å². The summed E-state index contributed by atoms with van der Waals surface area (Å²) in [5.74, 6) is 0.262. The van der Waals surface area contributed by atoms with Crippen molar-refractivity contribution in [3.8, 4) is 0 Å². The molecule has 2 fully saturated rings. The summed E-state index contributed by atoms with van der Waals surface area (Å²) >= 11 is 0. The molecule has 7 heteroatoms. The molecule has 1 amide bonds. The number of carbonyl (C=O) groups excluding carboxylic acids is 2. The van der Waals surface area contributed by atoms with Gasteiger partial charge in [0.05, 0.1) is 13.0 Å². The molecule has 1 aromatic rings. The molecule has 1 aromatic carbocycles. The van der Waals surface area contributed by atoms with Crippen molar-refractivity contribution < 1.29 is 18.5 Å². The van der Waals surface area contributed by atoms with E-state index >= 15 is 0 Å². The van der Waals surface area contributed by atoms with Crippen LogP contribution in [0.2, 0.25) is 0 Å². The highest BCUT2D eigenvalue weighted by atomic mass is 32.2. The molecule has 1 atom stereocenters. The minimum absolute atomic E-state index is 0.0433. The molecule has 6 nitrogen and oxygen atoms in total. The van der Waals surface area contributed by atoms with Crippen LogP contribution in [0, 0.1) is 5.92 Å². The first-order chi connectivity index (χ1) is 13.6. The van der Waals surface area contributed by atoms with Crippen molar-refractivity contribution in [2.75, 3.05) is 20.2 Å². The highest BCUT2D eigenvalue weighted by molar-refractivity contribution is 7.84. The standard InChI is InChI=1S/C21H30N2O4S/c1-27-21(25)17-6-8-18(9-7-17)23-20(24)16-4-2-15(3-5-16)14-28(26)19-10-12-22-13-11-19/h2-5,17-19,22H,6-14H2,1H3,(H,23,24). The van der Waals surface area contributed by atoms with E-state index in [0.717, 1.165) is 57.2 Å². The van der Waals surface area contributed by atoms with Gasteiger partial charge in [-0.2, -0.15) is 0 Å². The molecule has 0 spiro atoms. The number of piperidine rings is 1. The van der Waals surface area contributed by atoms with Crippen molar-refractivity contribution in [3.05, 3.63) is 35.4 Å². The first kappa shape index (κ1) is 21.0. The van der Waals surface area contributed by atoms with E-state index in [2.05, 4.69) is 10.6 Å². The van der Waals surface area contributed by atoms with Gasteiger partial charge >= 0.3 is 5.97 Å². The third-order valence-electron chi connectivity index (χ3n) is 5.78. The lowest BCUT2D eigenvalue weighted by atomic mass is 9.86. The van der Waals surface area contributed by atoms with Crippen molar-refractivity contribution in [2.45, 2.75) is 55.6 Å². The van der Waals surface area contributed by atoms with Crippen LogP contribution in [0.15, 0.2) is 24.3 Å². The first-order valence-electron chi connectivity index (χ1n) is 10.1. The molecule has 1 saturated carbocycles. The fourth-order valence-corrected chi connectivity index (χ4v) is 5.52. The van der Waals surface area contributed by atoms with Crippen LogP contribution in [0.3, 0.4) is 0 Å². The van der Waals surface area contributed by atoms with Crippen molar-refractivity contribution in [1.29, 1.82) is 0 Å². The number of amides is 1. The van der Waals surface area contributed by atoms with Gasteiger partial charge in [0.1, 0.15) is 0 Å². The third-order valence-corrected chi connectivity index (χ3v) is 7.61. The van der Waals surface area contributed by atoms with Gasteiger partial charge in [-0.3, -0.25) is 13.8 Å². The lowest BCUT2D eigenvalue weighted by molar-refractivity contribution is -0.146. The second-order valence-electron chi connectivity index (χ2n) is 7.72. The predicted octanol–water partition coefficient (Wildman–Crippen LogP) is 2.15. The average Bonchev–Trinajstić information content (AvgIpc) is 2.74. The number of ether oxygens (including phenoxy) is 1. The van der Waals surface area contributed by atoms with Crippen molar-refractivity contribution in [1.82, 2.24) is 10.6 Å². The van der Waals surface area contributed by atoms with Crippen LogP contribution in [0.5, 0.6) is 0 Å². The molecule has 1 heterocycles. The van der Waals surface area contributed by atoms with Crippen LogP contribution in [-0.2, 0) is 26.1 Å². The summed E-state index contributed by atoms with van der Waals surface area (Å²) in [4.78, 5) is 24.1. The summed E-state index contributed by atoms with van der Waals surface area (Å²) in [5.41, 5.74) is 1.62. The lowest BCUT2D eigenvalue weighted by Gasteiger charge is -2.27. The van der Waals surface area contributed by atoms with Crippen molar-refractivity contribution in [3.63, 3.8) is 0 Å². The Bertz CT molecular complexity index is 693. The van der Waals surface area contributed by atoms with E-state index in [9.17, 15) is 13.8 Å². The molecule has 0 bridgehead atoms. The molecule has 1 saturated heterocycles. The molecule has 2 N–H and O–H groups in total. The van der Waals surface area contributed by atoms with Crippen LogP contribution < -0.4 is 10.6 Å². The Labute approximate surface area is 169 Å². The summed E-state index contributed by atoms with van der Waals surface area (Å²) in [6, 6.07) is 7.53. The minimum Gasteiger partial charge on any atom is -0.469 e. The number of esters is 1. The van der Waals surface area contributed by atoms with Gasteiger partial charge in [-0.15, -0.1) is 0 Å². The first-order valence-corrected chi connectivity index (χ1v) is 11.5. The van der Waals surface area contributed by atoms with E-state index in [-0.39, 0.29) is 29.1 Å². The van der Waals surface area contributed by atoms with Gasteiger partial charge < -0.3 is 15.4 Å². The van der Waals surface area contributed by atoms with E-state index < -0.39 is 10.8 Å². The summed E-state index contributed by atoms with van der Waals surface area (Å²) in [7, 11) is 0.551. The maximum absolute atomic E-state index is 12.5. The zero-order valence-electron chi connectivity index (χ0n) is 16.4. The van der Waals surface area contributed by atoms with Gasteiger partial charge in [0.2, 0.25) is 0 Å². The zero-order chi connectivity index (χ0) is 19.9. The highest BCUT2D eigenvalue weighted by Gasteiger charge is 2.27. The second kappa shape index (κ2) is 10.2. The Balaban J connectivity index is 1.47. The van der Waals surface area contributed by atoms with Gasteiger partial charge in [-0.05, 0) is 69.3 Å². The normalized spacial score (nSPS) is 24.3. The Hall–Kier alpha value is -1.73. The second-order valence-corrected chi connectivity index (χ2v) is 9.43. The topological polar surface area (TPSA) is 84.5 Å². The van der Waals surface area contributed by atoms with Crippen molar-refractivity contribution in [2.24, 2.45) is 5.92 Å². The van der Waals surface area contributed by atoms with E-state index in [1.807, 2.05) is 24.3 Å². The van der Waals surface area contributed by atoms with Crippen LogP contribution in [0.25, 0.3) is 0 Å². The number of rotatable bonds is 6. The molecular weight excluding hydrogens is 376 g/mol. The Kier molecular flexibility index (Phi) is 7.62. The number of methoxy groups -OCH3 is 1. The van der Waals surface area contributed by atoms with E-state index in [4.69, 9.17) is 4.74 Å². The van der Waals surface area contributed by atoms with Crippen LogP contribution in [0.4, 0.5) is 0 Å². The quantitative estimate of drug-likeness (QED) is 0.707. The number of nitrogens with one attached hydrogen (secondary N) is 2. The number of hydrogen-bond donors (Lipinski definition) is 2. The molecule has 2 aliphatic rings. The largest absolute Gasteiger partial charge is 0.469 e. The SMILES string of the molecule is COC(=O)C1CCC(NC(=O)c2ccc(CS(=O)C3CCNCC3)cc2)CC1. The highest BCUT2D eigenvalue weighted by Crippen LogP contribution is 2.25. The minimum atomic E-state index is -0.867. The molecule has 0 radical (unpaired) electrons. The summed E-state index contributed by atoms with van der Waals surface area (Å²) in [5, 5.41) is 6.63. The van der Waals surface area contributed by atoms with Gasteiger partial charge in [-0.1, -0.05) is 12.1 Å². The average molecular weight is 407 g/mol. The smallest absolute Gasteiger partial charge is 0.308 e. The van der Waals surface area contributed by atoms with Crippen molar-refractivity contribution >= 4 is 22.7 Å². The van der Waals surface area contributed by atoms with Crippen LogP contribution in [0.1, 0.15) is 54.4 Å². The molecule has 3 rings (SSSR count). The summed E-state index contributed by atoms with van der Waals surface area (Å²) < 4.78 is 17.3. The molecule has 154 valence electrons. The lowest BCUT2D eigenvalue weighted by Crippen LogP contribution is -2.38. The Morgan fingerprint density at radius 2 is 1.71 bits per heavy atom. The molecular formula is C21H30N2O4S. The van der Waals surface area contributed by atoms with E-state index in [1.54, 1.807) is 0 Å². The van der Waals surface area contributed by atoms with Gasteiger partial charge in [0.25, 0.3) is 5.91 Å². The molecule has 28 heavy (non-hydrogen) atoms. The fraction of sp³-hybridized carbons (Fsp3) is 0.619. The van der Waals surface area contributed by atoms with E-state index in [1.165, 1.54) is 7.11 Å². The third kappa shape index (κ3) is 5.64. The molecule has 1 aliphatic heterocycles. The summed E-state index contributed by atoms with van der Waals surface area (Å²) in [6.07, 6.45) is 5.01. The predicted molar refractivity (Wildman–Crippen MR) is 109 cm³/mol. The maximum atomic E-state index is 12.5. The number of carbonyl (C=O) groups is 2. The molecule has 1 aliphatic carbocycles. The fourth-order valence-electron chi connectivity index (χ4n) is 4.00. The van der Waals surface area contributed by atoms with Gasteiger partial charge in [0, 0.05) is 33.4 Å². The Morgan fingerprint density at radius 3 is 2.32 bits per heavy atom. The van der Waals surface area contributed by atoms with Gasteiger partial charge in [0.15, 0.2) is 0 Å². The number of benzene rings is 1. The zero-order valence-corrected chi connectivity index (χ0v) is 17.3. The van der Waals surface area contributed by atoms with Gasteiger partial charge in [-0.25, -0.2) is 0 Å². The Morgan fingerprint density at radius 1 is 1.07 bits per heavy atom. The molecule has 0 aromatic heterocycles. The monoisotopic (exact) mass is 406 g/mol. The number of hydrogen-bond acceptors (Lipinski definition) is 5. The van der Waals surface area contributed by atoms with Crippen LogP contribution in [-0.4, -0.2) is 47.6 Å². The maximum Gasteiger partial charge on any atom is 0.308 e. The van der Waals surface area contributed by atoms with Crippen LogP contribution >= 0.6 is 0 Å².